The van der Waals surface area contributed by atoms with E-state index in [1.807, 2.05) is 31.2 Å². The molecule has 0 spiro atoms. The largest absolute Gasteiger partial charge is 0.494 e. The van der Waals surface area contributed by atoms with Crippen molar-refractivity contribution in [1.82, 2.24) is 5.43 Å². The van der Waals surface area contributed by atoms with E-state index < -0.39 is 9.75 Å². The summed E-state index contributed by atoms with van der Waals surface area (Å²) in [6, 6.07) is 7.68. The van der Waals surface area contributed by atoms with Gasteiger partial charge in [0.05, 0.1) is 17.7 Å². The molecule has 4 nitrogen and oxygen atoms in total. The van der Waals surface area contributed by atoms with E-state index in [9.17, 15) is 4.79 Å². The zero-order valence-corrected chi connectivity index (χ0v) is 15.2. The third kappa shape index (κ3) is 3.99. The first-order valence-corrected chi connectivity index (χ1v) is 8.57. The summed E-state index contributed by atoms with van der Waals surface area (Å²) >= 11 is 12.0. The van der Waals surface area contributed by atoms with E-state index in [-0.39, 0.29) is 5.91 Å². The van der Waals surface area contributed by atoms with Gasteiger partial charge >= 0.3 is 0 Å². The first-order valence-electron chi connectivity index (χ1n) is 7.82. The van der Waals surface area contributed by atoms with Gasteiger partial charge in [0.1, 0.15) is 10.1 Å². The molecule has 6 heteroatoms. The monoisotopic (exact) mass is 356 g/mol. The lowest BCUT2D eigenvalue weighted by atomic mass is 10.1. The number of alkyl halides is 2. The van der Waals surface area contributed by atoms with Gasteiger partial charge in [0.15, 0.2) is 0 Å². The maximum absolute atomic E-state index is 12.2. The van der Waals surface area contributed by atoms with Crippen LogP contribution in [0.25, 0.3) is 0 Å². The van der Waals surface area contributed by atoms with Crippen LogP contribution in [0.4, 0.5) is 0 Å². The molecular weight excluding hydrogens is 335 g/mol. The molecule has 0 aliphatic heterocycles. The molecule has 1 amide bonds. The van der Waals surface area contributed by atoms with Gasteiger partial charge in [-0.3, -0.25) is 4.79 Å². The van der Waals surface area contributed by atoms with Crippen LogP contribution in [-0.2, 0) is 4.79 Å². The second-order valence-electron chi connectivity index (χ2n) is 5.94. The van der Waals surface area contributed by atoms with Crippen LogP contribution in [0.3, 0.4) is 0 Å². The zero-order valence-electron chi connectivity index (χ0n) is 13.7. The minimum atomic E-state index is -0.989. The Morgan fingerprint density at radius 1 is 1.30 bits per heavy atom. The number of rotatable bonds is 7. The summed E-state index contributed by atoms with van der Waals surface area (Å²) in [6.07, 6.45) is 2.10. The number of benzene rings is 1. The number of amides is 1. The van der Waals surface area contributed by atoms with Crippen molar-refractivity contribution in [2.45, 2.75) is 44.4 Å². The summed E-state index contributed by atoms with van der Waals surface area (Å²) in [5, 5.41) is 4.24. The lowest BCUT2D eigenvalue weighted by Gasteiger charge is -2.11. The molecule has 1 unspecified atom stereocenters. The standard InChI is InChI=1S/C17H22Cl2N2O2/c1-4-10-23-13-8-6-12(7-9-13)14(5-2)20-21-15(22)16(3)11-17(16,18)19/h6-9H,4-5,10-11H2,1-3H3,(H,21,22). The van der Waals surface area contributed by atoms with Crippen molar-refractivity contribution in [2.24, 2.45) is 10.5 Å². The molecule has 2 rings (SSSR count). The van der Waals surface area contributed by atoms with Gasteiger partial charge < -0.3 is 4.74 Å². The fourth-order valence-electron chi connectivity index (χ4n) is 2.20. The average Bonchev–Trinajstić information content (AvgIpc) is 3.06. The third-order valence-corrected chi connectivity index (χ3v) is 5.15. The smallest absolute Gasteiger partial charge is 0.249 e. The molecule has 0 saturated heterocycles. The second-order valence-corrected chi connectivity index (χ2v) is 7.42. The number of hydrazone groups is 1. The van der Waals surface area contributed by atoms with Gasteiger partial charge in [-0.05, 0) is 56.0 Å². The Bertz CT molecular complexity index is 599. The third-order valence-electron chi connectivity index (χ3n) is 4.05. The van der Waals surface area contributed by atoms with Crippen molar-refractivity contribution in [1.29, 1.82) is 0 Å². The van der Waals surface area contributed by atoms with Crippen molar-refractivity contribution in [3.63, 3.8) is 0 Å². The Hall–Kier alpha value is -1.26. The number of carbonyl (C=O) groups is 1. The maximum Gasteiger partial charge on any atom is 0.249 e. The van der Waals surface area contributed by atoms with Crippen LogP contribution in [0.2, 0.25) is 0 Å². The molecule has 1 saturated carbocycles. The van der Waals surface area contributed by atoms with Gasteiger partial charge in [0.25, 0.3) is 0 Å². The molecule has 0 aromatic heterocycles. The number of hydrogen-bond acceptors (Lipinski definition) is 3. The van der Waals surface area contributed by atoms with Gasteiger partial charge in [-0.25, -0.2) is 5.43 Å². The molecule has 23 heavy (non-hydrogen) atoms. The summed E-state index contributed by atoms with van der Waals surface area (Å²) < 4.78 is 4.57. The number of halogens is 2. The highest BCUT2D eigenvalue weighted by Crippen LogP contribution is 2.63. The predicted molar refractivity (Wildman–Crippen MR) is 94.4 cm³/mol. The van der Waals surface area contributed by atoms with Crippen LogP contribution in [-0.4, -0.2) is 22.6 Å². The summed E-state index contributed by atoms with van der Waals surface area (Å²) in [7, 11) is 0. The molecule has 1 N–H and O–H groups in total. The lowest BCUT2D eigenvalue weighted by Crippen LogP contribution is -2.30. The van der Waals surface area contributed by atoms with Crippen molar-refractivity contribution < 1.29 is 9.53 Å². The summed E-state index contributed by atoms with van der Waals surface area (Å²) in [5.74, 6) is 0.575. The lowest BCUT2D eigenvalue weighted by molar-refractivity contribution is -0.125. The normalized spacial score (nSPS) is 22.6. The zero-order chi connectivity index (χ0) is 17.1. The van der Waals surface area contributed by atoms with Crippen LogP contribution in [0.1, 0.15) is 45.6 Å². The summed E-state index contributed by atoms with van der Waals surface area (Å²) in [6.45, 7) is 6.49. The molecule has 1 aliphatic carbocycles. The van der Waals surface area contributed by atoms with Crippen molar-refractivity contribution in [2.75, 3.05) is 6.61 Å². The minimum Gasteiger partial charge on any atom is -0.494 e. The van der Waals surface area contributed by atoms with Gasteiger partial charge in [-0.2, -0.15) is 5.10 Å². The van der Waals surface area contributed by atoms with Crippen molar-refractivity contribution in [3.05, 3.63) is 29.8 Å². The van der Waals surface area contributed by atoms with Crippen molar-refractivity contribution >= 4 is 34.8 Å². The van der Waals surface area contributed by atoms with Gasteiger partial charge in [0, 0.05) is 0 Å². The van der Waals surface area contributed by atoms with E-state index in [0.29, 0.717) is 19.4 Å². The first-order chi connectivity index (χ1) is 10.8. The highest BCUT2D eigenvalue weighted by Gasteiger charge is 2.68. The molecule has 1 atom stereocenters. The van der Waals surface area contributed by atoms with E-state index in [0.717, 1.165) is 23.4 Å². The quantitative estimate of drug-likeness (QED) is 0.450. The van der Waals surface area contributed by atoms with Crippen LogP contribution in [0, 0.1) is 5.41 Å². The molecule has 1 fully saturated rings. The van der Waals surface area contributed by atoms with E-state index in [1.165, 1.54) is 0 Å². The minimum absolute atomic E-state index is 0.253. The fourth-order valence-corrected chi connectivity index (χ4v) is 2.91. The van der Waals surface area contributed by atoms with E-state index >= 15 is 0 Å². The molecule has 1 aromatic carbocycles. The molecular formula is C17H22Cl2N2O2. The molecule has 0 radical (unpaired) electrons. The van der Waals surface area contributed by atoms with E-state index in [2.05, 4.69) is 17.5 Å². The van der Waals surface area contributed by atoms with Crippen LogP contribution >= 0.6 is 23.2 Å². The van der Waals surface area contributed by atoms with Gasteiger partial charge in [-0.1, -0.05) is 13.8 Å². The Balaban J connectivity index is 2.03. The first kappa shape index (κ1) is 18.1. The van der Waals surface area contributed by atoms with Crippen molar-refractivity contribution in [3.8, 4) is 5.75 Å². The van der Waals surface area contributed by atoms with Gasteiger partial charge in [-0.15, -0.1) is 23.2 Å². The Kier molecular flexibility index (Phi) is 5.58. The number of hydrogen-bond donors (Lipinski definition) is 1. The Labute approximate surface area is 147 Å². The summed E-state index contributed by atoms with van der Waals surface area (Å²) in [5.41, 5.74) is 3.56. The number of carbonyl (C=O) groups excluding carboxylic acids is 1. The number of nitrogens with one attached hydrogen (secondary N) is 1. The van der Waals surface area contributed by atoms with Crippen LogP contribution < -0.4 is 10.2 Å². The summed E-state index contributed by atoms with van der Waals surface area (Å²) in [4.78, 5) is 12.2. The highest BCUT2D eigenvalue weighted by molar-refractivity contribution is 6.53. The molecule has 0 bridgehead atoms. The predicted octanol–water partition coefficient (Wildman–Crippen LogP) is 4.29. The number of ether oxygens (including phenoxy) is 1. The van der Waals surface area contributed by atoms with Gasteiger partial charge in [0.2, 0.25) is 5.91 Å². The highest BCUT2D eigenvalue weighted by atomic mass is 35.5. The van der Waals surface area contributed by atoms with E-state index in [4.69, 9.17) is 27.9 Å². The molecule has 126 valence electrons. The SMILES string of the molecule is CCCOc1ccc(C(CC)=NNC(=O)C2(C)CC2(Cl)Cl)cc1. The maximum atomic E-state index is 12.2. The topological polar surface area (TPSA) is 50.7 Å². The fraction of sp³-hybridized carbons (Fsp3) is 0.529. The number of nitrogens with zero attached hydrogens (tertiary/aromatic N) is 1. The molecule has 1 aliphatic rings. The average molecular weight is 357 g/mol. The van der Waals surface area contributed by atoms with Crippen LogP contribution in [0.15, 0.2) is 29.4 Å². The Morgan fingerprint density at radius 3 is 2.39 bits per heavy atom. The van der Waals surface area contributed by atoms with E-state index in [1.54, 1.807) is 6.92 Å². The molecule has 0 heterocycles. The van der Waals surface area contributed by atoms with Crippen LogP contribution in [0.5, 0.6) is 5.75 Å². The molecule has 1 aromatic rings. The Morgan fingerprint density at radius 2 is 1.91 bits per heavy atom. The second kappa shape index (κ2) is 7.10.